The van der Waals surface area contributed by atoms with Crippen molar-refractivity contribution in [1.82, 2.24) is 20.9 Å². The molecule has 0 aliphatic carbocycles. The molecule has 0 radical (unpaired) electrons. The smallest absolute Gasteiger partial charge is 0.325 e. The molecule has 3 N–H and O–H groups in total. The quantitative estimate of drug-likeness (QED) is 0.301. The maximum Gasteiger partial charge on any atom is 0.325 e. The Morgan fingerprint density at radius 2 is 1.60 bits per heavy atom. The Balaban J connectivity index is -0.00000132. The number of nitrogens with zero attached hydrogens (tertiary/aromatic N) is 1. The Kier molecular flexibility index (Phi) is 25.2. The van der Waals surface area contributed by atoms with E-state index in [2.05, 4.69) is 34.5 Å². The summed E-state index contributed by atoms with van der Waals surface area (Å²) in [7, 11) is 1.20. The SMILES string of the molecule is CC.CC.CCC.COC(=O)CNC(=O)C1CCCN1C(=O)CNC(=O)[C@H](CCC=O)NC(C)=O. The second kappa shape index (κ2) is 24.2. The third-order valence-electron chi connectivity index (χ3n) is 4.19. The maximum absolute atomic E-state index is 12.4. The molecule has 1 rings (SSSR count). The Morgan fingerprint density at radius 3 is 2.09 bits per heavy atom. The molecular weight excluding hydrogens is 456 g/mol. The fraction of sp³-hybridized carbons (Fsp3) is 0.750. The van der Waals surface area contributed by atoms with Crippen LogP contribution in [0.4, 0.5) is 0 Å². The second-order valence-electron chi connectivity index (χ2n) is 6.96. The van der Waals surface area contributed by atoms with E-state index in [9.17, 15) is 28.8 Å². The molecule has 4 amide bonds. The zero-order valence-electron chi connectivity index (χ0n) is 22.7. The first-order chi connectivity index (χ1) is 16.7. The summed E-state index contributed by atoms with van der Waals surface area (Å²) in [5.74, 6) is -2.54. The minimum Gasteiger partial charge on any atom is -0.468 e. The number of likely N-dealkylation sites (tertiary alicyclic amines) is 1. The van der Waals surface area contributed by atoms with Crippen molar-refractivity contribution in [1.29, 1.82) is 0 Å². The van der Waals surface area contributed by atoms with Crippen molar-refractivity contribution >= 4 is 35.9 Å². The van der Waals surface area contributed by atoms with Crippen LogP contribution in [0.3, 0.4) is 0 Å². The van der Waals surface area contributed by atoms with Crippen LogP contribution in [0.1, 0.15) is 80.6 Å². The average molecular weight is 503 g/mol. The summed E-state index contributed by atoms with van der Waals surface area (Å²) in [6, 6.07) is -1.65. The second-order valence-corrected chi connectivity index (χ2v) is 6.96. The highest BCUT2D eigenvalue weighted by Gasteiger charge is 2.34. The van der Waals surface area contributed by atoms with Gasteiger partial charge >= 0.3 is 5.97 Å². The topological polar surface area (TPSA) is 151 Å². The summed E-state index contributed by atoms with van der Waals surface area (Å²) in [6.07, 6.45) is 3.14. The lowest BCUT2D eigenvalue weighted by molar-refractivity contribution is -0.143. The summed E-state index contributed by atoms with van der Waals surface area (Å²) >= 11 is 0. The molecule has 2 atom stereocenters. The van der Waals surface area contributed by atoms with Crippen LogP contribution in [0.25, 0.3) is 0 Å². The van der Waals surface area contributed by atoms with Gasteiger partial charge in [-0.15, -0.1) is 0 Å². The molecule has 0 aromatic carbocycles. The summed E-state index contributed by atoms with van der Waals surface area (Å²) in [5.41, 5.74) is 0. The fourth-order valence-corrected chi connectivity index (χ4v) is 2.82. The van der Waals surface area contributed by atoms with Crippen LogP contribution in [0.15, 0.2) is 0 Å². The number of aldehydes is 1. The van der Waals surface area contributed by atoms with Crippen LogP contribution in [0.5, 0.6) is 0 Å². The molecule has 0 aromatic heterocycles. The van der Waals surface area contributed by atoms with E-state index in [1.165, 1.54) is 25.4 Å². The lowest BCUT2D eigenvalue weighted by Crippen LogP contribution is -2.52. The number of carbonyl (C=O) groups is 6. The largest absolute Gasteiger partial charge is 0.468 e. The minimum atomic E-state index is -0.923. The molecule has 204 valence electrons. The third-order valence-corrected chi connectivity index (χ3v) is 4.19. The van der Waals surface area contributed by atoms with Gasteiger partial charge in [0, 0.05) is 19.9 Å². The van der Waals surface area contributed by atoms with Crippen LogP contribution in [0.2, 0.25) is 0 Å². The van der Waals surface area contributed by atoms with Crippen molar-refractivity contribution in [3.8, 4) is 0 Å². The number of methoxy groups -OCH3 is 1. The average Bonchev–Trinajstić information content (AvgIpc) is 3.36. The molecule has 1 aliphatic rings. The van der Waals surface area contributed by atoms with Crippen LogP contribution in [-0.4, -0.2) is 79.6 Å². The van der Waals surface area contributed by atoms with Gasteiger partial charge in [0.2, 0.25) is 23.6 Å². The molecule has 0 spiro atoms. The van der Waals surface area contributed by atoms with E-state index in [1.807, 2.05) is 27.7 Å². The molecule has 0 saturated carbocycles. The first kappa shape index (κ1) is 36.6. The normalized spacial score (nSPS) is 14.2. The van der Waals surface area contributed by atoms with Gasteiger partial charge in [-0.1, -0.05) is 48.0 Å². The van der Waals surface area contributed by atoms with Crippen molar-refractivity contribution < 1.29 is 33.5 Å². The molecule has 1 heterocycles. The number of esters is 1. The molecule has 0 bridgehead atoms. The van der Waals surface area contributed by atoms with Gasteiger partial charge in [0.25, 0.3) is 0 Å². The summed E-state index contributed by atoms with van der Waals surface area (Å²) < 4.78 is 4.45. The lowest BCUT2D eigenvalue weighted by atomic mass is 10.1. The molecule has 1 unspecified atom stereocenters. The Morgan fingerprint density at radius 1 is 1.03 bits per heavy atom. The Labute approximate surface area is 210 Å². The van der Waals surface area contributed by atoms with Gasteiger partial charge < -0.3 is 30.4 Å². The van der Waals surface area contributed by atoms with Gasteiger partial charge in [-0.25, -0.2) is 0 Å². The predicted molar refractivity (Wildman–Crippen MR) is 134 cm³/mol. The molecule has 1 saturated heterocycles. The van der Waals surface area contributed by atoms with Gasteiger partial charge in [0.1, 0.15) is 24.9 Å². The highest BCUT2D eigenvalue weighted by atomic mass is 16.5. The molecule has 11 heteroatoms. The van der Waals surface area contributed by atoms with Crippen molar-refractivity contribution in [3.63, 3.8) is 0 Å². The van der Waals surface area contributed by atoms with E-state index >= 15 is 0 Å². The van der Waals surface area contributed by atoms with Crippen molar-refractivity contribution in [2.24, 2.45) is 0 Å². The number of nitrogens with one attached hydrogen (secondary N) is 3. The monoisotopic (exact) mass is 502 g/mol. The molecule has 35 heavy (non-hydrogen) atoms. The molecule has 0 aromatic rings. The summed E-state index contributed by atoms with van der Waals surface area (Å²) in [5, 5.41) is 7.26. The zero-order chi connectivity index (χ0) is 27.8. The van der Waals surface area contributed by atoms with E-state index in [-0.39, 0.29) is 25.9 Å². The van der Waals surface area contributed by atoms with Crippen LogP contribution >= 0.6 is 0 Å². The maximum atomic E-state index is 12.4. The van der Waals surface area contributed by atoms with Crippen molar-refractivity contribution in [3.05, 3.63) is 0 Å². The van der Waals surface area contributed by atoms with E-state index in [4.69, 9.17) is 0 Å². The van der Waals surface area contributed by atoms with Gasteiger partial charge in [-0.05, 0) is 19.3 Å². The van der Waals surface area contributed by atoms with E-state index in [1.54, 1.807) is 0 Å². The highest BCUT2D eigenvalue weighted by Crippen LogP contribution is 2.17. The van der Waals surface area contributed by atoms with Crippen molar-refractivity contribution in [2.75, 3.05) is 26.7 Å². The van der Waals surface area contributed by atoms with Crippen molar-refractivity contribution in [2.45, 2.75) is 92.7 Å². The molecular formula is C24H46N4O7. The standard InChI is InChI=1S/C17H26N4O7.C3H8.2C2H6/c1-11(23)20-12(5-4-8-22)16(26)18-9-14(24)21-7-3-6-13(21)17(27)19-10-15(25)28-2;1-3-2;2*1-2/h8,12-13H,3-7,9-10H2,1-2H3,(H,18,26)(H,19,27)(H,20,23);3H2,1-2H3;2*1-2H3/t12-,13?;;;/m0.../s1. The number of hydrogen-bond acceptors (Lipinski definition) is 7. The first-order valence-electron chi connectivity index (χ1n) is 12.3. The fourth-order valence-electron chi connectivity index (χ4n) is 2.82. The van der Waals surface area contributed by atoms with Gasteiger partial charge in [0.15, 0.2) is 0 Å². The molecule has 1 fully saturated rings. The number of rotatable bonds is 10. The zero-order valence-corrected chi connectivity index (χ0v) is 22.7. The van der Waals surface area contributed by atoms with Crippen LogP contribution < -0.4 is 16.0 Å². The minimum absolute atomic E-state index is 0.0842. The van der Waals surface area contributed by atoms with Crippen LogP contribution in [-0.2, 0) is 33.5 Å². The van der Waals surface area contributed by atoms with Gasteiger partial charge in [-0.2, -0.15) is 0 Å². The van der Waals surface area contributed by atoms with E-state index in [0.29, 0.717) is 25.7 Å². The number of amides is 4. The molecule has 11 nitrogen and oxygen atoms in total. The lowest BCUT2D eigenvalue weighted by Gasteiger charge is -2.24. The van der Waals surface area contributed by atoms with Gasteiger partial charge in [-0.3, -0.25) is 24.0 Å². The Bertz CT molecular complexity index is 641. The number of ether oxygens (including phenoxy) is 1. The highest BCUT2D eigenvalue weighted by molar-refractivity contribution is 5.93. The van der Waals surface area contributed by atoms with Crippen LogP contribution in [0, 0.1) is 0 Å². The number of carbonyl (C=O) groups excluding carboxylic acids is 6. The Hall–Kier alpha value is -2.98. The van der Waals surface area contributed by atoms with E-state index < -0.39 is 41.7 Å². The van der Waals surface area contributed by atoms with E-state index in [0.717, 1.165) is 0 Å². The van der Waals surface area contributed by atoms with Gasteiger partial charge in [0.05, 0.1) is 13.7 Å². The summed E-state index contributed by atoms with van der Waals surface area (Å²) in [4.78, 5) is 70.9. The number of hydrogen-bond donors (Lipinski definition) is 3. The predicted octanol–water partition coefficient (Wildman–Crippen LogP) is 1.34. The summed E-state index contributed by atoms with van der Waals surface area (Å²) in [6.45, 7) is 13.2. The third kappa shape index (κ3) is 17.2. The first-order valence-corrected chi connectivity index (χ1v) is 12.3. The molecule has 1 aliphatic heterocycles.